The summed E-state index contributed by atoms with van der Waals surface area (Å²) in [5.74, 6) is -1.13. The van der Waals surface area contributed by atoms with E-state index in [0.717, 1.165) is 16.5 Å². The Balaban J connectivity index is 2.24. The van der Waals surface area contributed by atoms with Crippen LogP contribution in [0.3, 0.4) is 0 Å². The van der Waals surface area contributed by atoms with Crippen molar-refractivity contribution in [1.29, 1.82) is 0 Å². The third-order valence-electron chi connectivity index (χ3n) is 3.19. The molecule has 0 saturated carbocycles. The van der Waals surface area contributed by atoms with Crippen LogP contribution in [-0.4, -0.2) is 36.3 Å². The first-order chi connectivity index (χ1) is 9.99. The minimum atomic E-state index is -3.61. The van der Waals surface area contributed by atoms with Gasteiger partial charge in [0.15, 0.2) is 0 Å². The Morgan fingerprint density at radius 2 is 2.05 bits per heavy atom. The lowest BCUT2D eigenvalue weighted by atomic mass is 10.1. The van der Waals surface area contributed by atoms with Crippen molar-refractivity contribution in [3.8, 4) is 0 Å². The maximum absolute atomic E-state index is 12.0. The molecule has 1 unspecified atom stereocenters. The molecule has 0 aliphatic carbocycles. The molecule has 3 N–H and O–H groups in total. The average Bonchev–Trinajstić information content (AvgIpc) is 2.89. The van der Waals surface area contributed by atoms with Crippen molar-refractivity contribution in [2.75, 3.05) is 14.2 Å². The van der Waals surface area contributed by atoms with E-state index in [9.17, 15) is 14.5 Å². The Labute approximate surface area is 121 Å². The number of H-pyrrole nitrogens is 1. The second kappa shape index (κ2) is 6.41. The van der Waals surface area contributed by atoms with Gasteiger partial charge in [-0.05, 0) is 11.6 Å². The van der Waals surface area contributed by atoms with Gasteiger partial charge < -0.3 is 19.1 Å². The molecule has 0 radical (unpaired) electrons. The summed E-state index contributed by atoms with van der Waals surface area (Å²) in [6.07, 6.45) is 1.89. The predicted molar refractivity (Wildman–Crippen MR) is 78.2 cm³/mol. The second-order valence-corrected chi connectivity index (χ2v) is 6.43. The molecule has 0 amide bonds. The number of hydrogen-bond donors (Lipinski definition) is 3. The Morgan fingerprint density at radius 3 is 2.67 bits per heavy atom. The molecule has 1 atom stereocenters. The van der Waals surface area contributed by atoms with Crippen molar-refractivity contribution in [1.82, 2.24) is 10.1 Å². The number of aliphatic carboxylic acids is 1. The molecule has 0 aliphatic heterocycles. The molecule has 0 fully saturated rings. The van der Waals surface area contributed by atoms with E-state index in [2.05, 4.69) is 10.1 Å². The van der Waals surface area contributed by atoms with E-state index in [4.69, 9.17) is 9.05 Å². The smallest absolute Gasteiger partial charge is 0.405 e. The van der Waals surface area contributed by atoms with Gasteiger partial charge in [-0.15, -0.1) is 0 Å². The first-order valence-corrected chi connectivity index (χ1v) is 7.80. The molecule has 21 heavy (non-hydrogen) atoms. The zero-order valence-electron chi connectivity index (χ0n) is 11.7. The fraction of sp³-hybridized carbons (Fsp3) is 0.308. The van der Waals surface area contributed by atoms with E-state index in [1.54, 1.807) is 6.20 Å². The number of benzene rings is 1. The molecule has 2 rings (SSSR count). The van der Waals surface area contributed by atoms with Crippen molar-refractivity contribution in [2.45, 2.75) is 12.5 Å². The van der Waals surface area contributed by atoms with Crippen LogP contribution in [0.25, 0.3) is 10.9 Å². The van der Waals surface area contributed by atoms with Gasteiger partial charge in [0.25, 0.3) is 0 Å². The highest BCUT2D eigenvalue weighted by molar-refractivity contribution is 7.51. The van der Waals surface area contributed by atoms with E-state index in [0.29, 0.717) is 0 Å². The van der Waals surface area contributed by atoms with Crippen LogP contribution in [0, 0.1) is 0 Å². The largest absolute Gasteiger partial charge is 0.480 e. The van der Waals surface area contributed by atoms with Crippen LogP contribution in [0.4, 0.5) is 0 Å². The monoisotopic (exact) mass is 312 g/mol. The Kier molecular flexibility index (Phi) is 4.80. The lowest BCUT2D eigenvalue weighted by Crippen LogP contribution is -2.37. The van der Waals surface area contributed by atoms with Crippen molar-refractivity contribution in [3.63, 3.8) is 0 Å². The second-order valence-electron chi connectivity index (χ2n) is 4.45. The summed E-state index contributed by atoms with van der Waals surface area (Å²) in [5.41, 5.74) is 1.72. The van der Waals surface area contributed by atoms with Gasteiger partial charge in [-0.3, -0.25) is 4.79 Å². The van der Waals surface area contributed by atoms with E-state index in [-0.39, 0.29) is 6.42 Å². The Hall–Kier alpha value is -1.66. The first-order valence-electron chi connectivity index (χ1n) is 6.26. The van der Waals surface area contributed by atoms with Crippen LogP contribution in [0.1, 0.15) is 5.56 Å². The molecule has 1 aromatic carbocycles. The standard InChI is InChI=1S/C13H17N2O5P/c1-19-21(18,20-2)15-12(13(16)17)7-9-8-14-11-6-4-3-5-10(9)11/h3-6,8,12,14H,7H2,1-2H3,(H,15,18)(H,16,17). The molecular weight excluding hydrogens is 295 g/mol. The average molecular weight is 312 g/mol. The van der Waals surface area contributed by atoms with Crippen molar-refractivity contribution >= 4 is 24.6 Å². The molecule has 1 aromatic heterocycles. The number of carbonyl (C=O) groups is 1. The zero-order valence-corrected chi connectivity index (χ0v) is 12.6. The first kappa shape index (κ1) is 15.7. The number of para-hydroxylation sites is 1. The number of hydrogen-bond acceptors (Lipinski definition) is 4. The van der Waals surface area contributed by atoms with Gasteiger partial charge >= 0.3 is 13.7 Å². The number of aromatic amines is 1. The predicted octanol–water partition coefficient (Wildman–Crippen LogP) is 2.15. The zero-order chi connectivity index (χ0) is 15.5. The van der Waals surface area contributed by atoms with Crippen LogP contribution < -0.4 is 5.09 Å². The van der Waals surface area contributed by atoms with Crippen LogP contribution in [-0.2, 0) is 24.8 Å². The molecule has 1 heterocycles. The van der Waals surface area contributed by atoms with Crippen LogP contribution in [0.5, 0.6) is 0 Å². The Bertz CT molecular complexity index is 676. The third-order valence-corrected chi connectivity index (χ3v) is 4.78. The molecule has 0 aliphatic rings. The Morgan fingerprint density at radius 1 is 1.38 bits per heavy atom. The normalized spacial score (nSPS) is 13.4. The molecule has 2 aromatic rings. The lowest BCUT2D eigenvalue weighted by molar-refractivity contribution is -0.139. The van der Waals surface area contributed by atoms with Gasteiger partial charge in [0.05, 0.1) is 0 Å². The number of nitrogens with one attached hydrogen (secondary N) is 2. The van der Waals surface area contributed by atoms with Gasteiger partial charge in [0, 0.05) is 37.7 Å². The molecule has 7 nitrogen and oxygen atoms in total. The van der Waals surface area contributed by atoms with E-state index < -0.39 is 19.8 Å². The summed E-state index contributed by atoms with van der Waals surface area (Å²) >= 11 is 0. The summed E-state index contributed by atoms with van der Waals surface area (Å²) in [6.45, 7) is 0. The highest BCUT2D eigenvalue weighted by Crippen LogP contribution is 2.42. The minimum absolute atomic E-state index is 0.149. The number of carboxylic acids is 1. The lowest BCUT2D eigenvalue weighted by Gasteiger charge is -2.20. The molecular formula is C13H17N2O5P. The fourth-order valence-corrected chi connectivity index (χ4v) is 3.02. The summed E-state index contributed by atoms with van der Waals surface area (Å²) in [6, 6.07) is 6.47. The number of carboxylic acid groups (broad SMARTS) is 1. The molecule has 0 spiro atoms. The number of aromatic nitrogens is 1. The van der Waals surface area contributed by atoms with E-state index >= 15 is 0 Å². The van der Waals surface area contributed by atoms with Crippen LogP contribution in [0.15, 0.2) is 30.5 Å². The van der Waals surface area contributed by atoms with Gasteiger partial charge in [0.1, 0.15) is 6.04 Å². The van der Waals surface area contributed by atoms with Crippen molar-refractivity contribution in [3.05, 3.63) is 36.0 Å². The summed E-state index contributed by atoms with van der Waals surface area (Å²) in [5, 5.41) is 12.6. The molecule has 0 saturated heterocycles. The highest BCUT2D eigenvalue weighted by Gasteiger charge is 2.30. The maximum Gasteiger partial charge on any atom is 0.405 e. The summed E-state index contributed by atoms with van der Waals surface area (Å²) in [7, 11) is -1.22. The van der Waals surface area contributed by atoms with Crippen molar-refractivity contribution < 1.29 is 23.5 Å². The van der Waals surface area contributed by atoms with Crippen LogP contribution in [0.2, 0.25) is 0 Å². The number of rotatable bonds is 7. The van der Waals surface area contributed by atoms with Gasteiger partial charge in [-0.25, -0.2) is 9.65 Å². The van der Waals surface area contributed by atoms with Crippen LogP contribution >= 0.6 is 7.75 Å². The quantitative estimate of drug-likeness (QED) is 0.677. The fourth-order valence-electron chi connectivity index (χ4n) is 2.08. The third kappa shape index (κ3) is 3.51. The van der Waals surface area contributed by atoms with Gasteiger partial charge in [0.2, 0.25) is 0 Å². The van der Waals surface area contributed by atoms with E-state index in [1.807, 2.05) is 24.3 Å². The highest BCUT2D eigenvalue weighted by atomic mass is 31.2. The summed E-state index contributed by atoms with van der Waals surface area (Å²) in [4.78, 5) is 14.4. The SMILES string of the molecule is COP(=O)(NC(Cc1c[nH]c2ccccc12)C(=O)O)OC. The molecule has 114 valence electrons. The number of fused-ring (bicyclic) bond motifs is 1. The molecule has 0 bridgehead atoms. The van der Waals surface area contributed by atoms with Gasteiger partial charge in [-0.1, -0.05) is 18.2 Å². The minimum Gasteiger partial charge on any atom is -0.480 e. The molecule has 8 heteroatoms. The summed E-state index contributed by atoms with van der Waals surface area (Å²) < 4.78 is 21.5. The van der Waals surface area contributed by atoms with E-state index in [1.165, 1.54) is 14.2 Å². The maximum atomic E-state index is 12.0. The van der Waals surface area contributed by atoms with Gasteiger partial charge in [-0.2, -0.15) is 0 Å². The van der Waals surface area contributed by atoms with Crippen molar-refractivity contribution in [2.24, 2.45) is 0 Å². The topological polar surface area (TPSA) is 101 Å².